The lowest BCUT2D eigenvalue weighted by Gasteiger charge is -2.18. The number of aromatic nitrogens is 2. The number of benzene rings is 1. The second-order valence-electron chi connectivity index (χ2n) is 6.21. The third-order valence-corrected chi connectivity index (χ3v) is 4.08. The number of anilines is 1. The summed E-state index contributed by atoms with van der Waals surface area (Å²) in [6.45, 7) is 0.544. The molecule has 0 aliphatic heterocycles. The Balaban J connectivity index is 1.73. The molecule has 0 unspecified atom stereocenters. The standard InChI is InChI=1S/C20H22N4O/c1-22(2)17-8-6-16(7-9-17)15-23(3)20(25)19-14-18(10-11-21-19)24-12-4-5-13-24/h4-14H,15H2,1-3H3. The molecule has 5 nitrogen and oxygen atoms in total. The fourth-order valence-corrected chi connectivity index (χ4v) is 2.64. The van der Waals surface area contributed by atoms with Gasteiger partial charge < -0.3 is 14.4 Å². The van der Waals surface area contributed by atoms with Crippen molar-refractivity contribution >= 4 is 11.6 Å². The van der Waals surface area contributed by atoms with Crippen LogP contribution in [0.5, 0.6) is 0 Å². The Kier molecular flexibility index (Phi) is 4.84. The number of nitrogens with zero attached hydrogens (tertiary/aromatic N) is 4. The maximum Gasteiger partial charge on any atom is 0.272 e. The van der Waals surface area contributed by atoms with Crippen LogP contribution in [0.15, 0.2) is 67.1 Å². The van der Waals surface area contributed by atoms with E-state index in [-0.39, 0.29) is 5.91 Å². The van der Waals surface area contributed by atoms with E-state index in [0.717, 1.165) is 16.9 Å². The fraction of sp³-hybridized carbons (Fsp3) is 0.200. The van der Waals surface area contributed by atoms with Gasteiger partial charge in [-0.2, -0.15) is 0 Å². The van der Waals surface area contributed by atoms with E-state index < -0.39 is 0 Å². The highest BCUT2D eigenvalue weighted by Gasteiger charge is 2.14. The van der Waals surface area contributed by atoms with Crippen LogP contribution in [-0.2, 0) is 6.54 Å². The molecule has 2 heterocycles. The highest BCUT2D eigenvalue weighted by molar-refractivity contribution is 5.92. The van der Waals surface area contributed by atoms with E-state index in [2.05, 4.69) is 22.0 Å². The molecule has 0 aliphatic carbocycles. The van der Waals surface area contributed by atoms with Crippen molar-refractivity contribution in [1.29, 1.82) is 0 Å². The predicted molar refractivity (Wildman–Crippen MR) is 100 cm³/mol. The summed E-state index contributed by atoms with van der Waals surface area (Å²) in [5.41, 5.74) is 3.59. The van der Waals surface area contributed by atoms with Crippen LogP contribution in [-0.4, -0.2) is 41.5 Å². The molecule has 0 bridgehead atoms. The maximum atomic E-state index is 12.7. The van der Waals surface area contributed by atoms with E-state index in [4.69, 9.17) is 0 Å². The Morgan fingerprint density at radius 1 is 1.04 bits per heavy atom. The topological polar surface area (TPSA) is 41.4 Å². The van der Waals surface area contributed by atoms with Gasteiger partial charge in [-0.3, -0.25) is 9.78 Å². The van der Waals surface area contributed by atoms with Crippen LogP contribution in [0, 0.1) is 0 Å². The van der Waals surface area contributed by atoms with Crippen LogP contribution in [0.3, 0.4) is 0 Å². The van der Waals surface area contributed by atoms with Gasteiger partial charge in [0, 0.05) is 57.7 Å². The van der Waals surface area contributed by atoms with Gasteiger partial charge in [0.15, 0.2) is 0 Å². The second kappa shape index (κ2) is 7.21. The van der Waals surface area contributed by atoms with Gasteiger partial charge in [-0.15, -0.1) is 0 Å². The lowest BCUT2D eigenvalue weighted by Crippen LogP contribution is -2.27. The minimum absolute atomic E-state index is 0.0920. The predicted octanol–water partition coefficient (Wildman–Crippen LogP) is 3.21. The van der Waals surface area contributed by atoms with Gasteiger partial charge in [-0.25, -0.2) is 0 Å². The third kappa shape index (κ3) is 3.88. The zero-order chi connectivity index (χ0) is 17.8. The first-order valence-electron chi connectivity index (χ1n) is 8.16. The van der Waals surface area contributed by atoms with Crippen molar-refractivity contribution in [3.05, 3.63) is 78.4 Å². The number of hydrogen-bond acceptors (Lipinski definition) is 3. The summed E-state index contributed by atoms with van der Waals surface area (Å²) >= 11 is 0. The van der Waals surface area contributed by atoms with Gasteiger partial charge in [0.05, 0.1) is 0 Å². The van der Waals surface area contributed by atoms with Crippen LogP contribution < -0.4 is 4.90 Å². The molecule has 0 spiro atoms. The second-order valence-corrected chi connectivity index (χ2v) is 6.21. The minimum atomic E-state index is -0.0920. The molecule has 0 radical (unpaired) electrons. The molecule has 0 fully saturated rings. The van der Waals surface area contributed by atoms with Crippen molar-refractivity contribution in [3.8, 4) is 5.69 Å². The molecule has 0 N–H and O–H groups in total. The third-order valence-electron chi connectivity index (χ3n) is 4.08. The van der Waals surface area contributed by atoms with E-state index in [9.17, 15) is 4.79 Å². The Hall–Kier alpha value is -3.08. The smallest absolute Gasteiger partial charge is 0.272 e. The van der Waals surface area contributed by atoms with Gasteiger partial charge in [0.1, 0.15) is 5.69 Å². The molecule has 1 amide bonds. The van der Waals surface area contributed by atoms with E-state index in [0.29, 0.717) is 12.2 Å². The Labute approximate surface area is 148 Å². The van der Waals surface area contributed by atoms with Crippen LogP contribution in [0.25, 0.3) is 5.69 Å². The quantitative estimate of drug-likeness (QED) is 0.719. The van der Waals surface area contributed by atoms with Crippen molar-refractivity contribution in [1.82, 2.24) is 14.5 Å². The first-order chi connectivity index (χ1) is 12.0. The normalized spacial score (nSPS) is 10.5. The molecule has 0 atom stereocenters. The highest BCUT2D eigenvalue weighted by atomic mass is 16.2. The van der Waals surface area contributed by atoms with Crippen LogP contribution in [0.4, 0.5) is 5.69 Å². The summed E-state index contributed by atoms with van der Waals surface area (Å²) in [7, 11) is 5.81. The summed E-state index contributed by atoms with van der Waals surface area (Å²) in [4.78, 5) is 20.7. The summed E-state index contributed by atoms with van der Waals surface area (Å²) in [6.07, 6.45) is 5.56. The van der Waals surface area contributed by atoms with E-state index in [1.807, 2.05) is 67.5 Å². The first kappa shape index (κ1) is 16.8. The van der Waals surface area contributed by atoms with Crippen molar-refractivity contribution in [2.75, 3.05) is 26.0 Å². The lowest BCUT2D eigenvalue weighted by molar-refractivity contribution is 0.0779. The molecule has 1 aromatic carbocycles. The van der Waals surface area contributed by atoms with Gasteiger partial charge >= 0.3 is 0 Å². The van der Waals surface area contributed by atoms with Crippen molar-refractivity contribution in [2.45, 2.75) is 6.54 Å². The molecule has 0 saturated carbocycles. The zero-order valence-corrected chi connectivity index (χ0v) is 14.8. The van der Waals surface area contributed by atoms with E-state index in [1.165, 1.54) is 0 Å². The largest absolute Gasteiger partial charge is 0.378 e. The van der Waals surface area contributed by atoms with Crippen molar-refractivity contribution in [3.63, 3.8) is 0 Å². The number of carbonyl (C=O) groups excluding carboxylic acids is 1. The average molecular weight is 334 g/mol. The monoisotopic (exact) mass is 334 g/mol. The van der Waals surface area contributed by atoms with Crippen molar-refractivity contribution < 1.29 is 4.79 Å². The van der Waals surface area contributed by atoms with E-state index >= 15 is 0 Å². The molecular weight excluding hydrogens is 312 g/mol. The molecule has 128 valence electrons. The van der Waals surface area contributed by atoms with Crippen molar-refractivity contribution in [2.24, 2.45) is 0 Å². The number of carbonyl (C=O) groups is 1. The Morgan fingerprint density at radius 3 is 2.36 bits per heavy atom. The van der Waals surface area contributed by atoms with E-state index in [1.54, 1.807) is 18.1 Å². The first-order valence-corrected chi connectivity index (χ1v) is 8.16. The van der Waals surface area contributed by atoms with Crippen LogP contribution >= 0.6 is 0 Å². The van der Waals surface area contributed by atoms with Crippen LogP contribution in [0.1, 0.15) is 16.1 Å². The SMILES string of the molecule is CN(Cc1ccc(N(C)C)cc1)C(=O)c1cc(-n2cccc2)ccn1. The molecule has 2 aromatic heterocycles. The Morgan fingerprint density at radius 2 is 1.72 bits per heavy atom. The summed E-state index contributed by atoms with van der Waals surface area (Å²) < 4.78 is 1.96. The lowest BCUT2D eigenvalue weighted by atomic mass is 10.2. The van der Waals surface area contributed by atoms with Gasteiger partial charge in [-0.05, 0) is 42.0 Å². The number of hydrogen-bond donors (Lipinski definition) is 0. The fourth-order valence-electron chi connectivity index (χ4n) is 2.64. The number of rotatable bonds is 5. The van der Waals surface area contributed by atoms with Gasteiger partial charge in [-0.1, -0.05) is 12.1 Å². The Bertz CT molecular complexity index is 838. The number of pyridine rings is 1. The number of amides is 1. The summed E-state index contributed by atoms with van der Waals surface area (Å²) in [6, 6.07) is 15.8. The van der Waals surface area contributed by atoms with Gasteiger partial charge in [0.2, 0.25) is 0 Å². The molecule has 5 heteroatoms. The minimum Gasteiger partial charge on any atom is -0.378 e. The maximum absolute atomic E-state index is 12.7. The molecule has 0 saturated heterocycles. The molecular formula is C20H22N4O. The highest BCUT2D eigenvalue weighted by Crippen LogP contribution is 2.15. The summed E-state index contributed by atoms with van der Waals surface area (Å²) in [5.74, 6) is -0.0920. The molecule has 3 aromatic rings. The molecule has 0 aliphatic rings. The molecule has 3 rings (SSSR count). The van der Waals surface area contributed by atoms with Gasteiger partial charge in [0.25, 0.3) is 5.91 Å². The average Bonchev–Trinajstić information content (AvgIpc) is 3.16. The summed E-state index contributed by atoms with van der Waals surface area (Å²) in [5, 5.41) is 0. The zero-order valence-electron chi connectivity index (χ0n) is 14.8. The molecule has 25 heavy (non-hydrogen) atoms. The van der Waals surface area contributed by atoms with Crippen LogP contribution in [0.2, 0.25) is 0 Å².